The van der Waals surface area contributed by atoms with Crippen LogP contribution in [0.2, 0.25) is 0 Å². The first-order valence-electron chi connectivity index (χ1n) is 6.21. The van der Waals surface area contributed by atoms with Crippen molar-refractivity contribution in [2.24, 2.45) is 11.7 Å². The number of nitrogens with one attached hydrogen (secondary N) is 1. The van der Waals surface area contributed by atoms with Crippen molar-refractivity contribution in [1.29, 1.82) is 0 Å². The standard InChI is InChI=1S/C14H23N3O/c1-10(2)13(15)14(18)16-9-11-5-7-12(8-6-11)17(3)4/h5-8,10,13H,9,15H2,1-4H3,(H,16,18)/t13-/m0/s1. The van der Waals surface area contributed by atoms with Crippen LogP contribution < -0.4 is 16.0 Å². The number of rotatable bonds is 5. The zero-order valence-corrected chi connectivity index (χ0v) is 11.6. The van der Waals surface area contributed by atoms with E-state index >= 15 is 0 Å². The maximum absolute atomic E-state index is 11.7. The zero-order valence-electron chi connectivity index (χ0n) is 11.6. The van der Waals surface area contributed by atoms with Crippen LogP contribution in [0, 0.1) is 5.92 Å². The van der Waals surface area contributed by atoms with Crippen LogP contribution in [0.1, 0.15) is 19.4 Å². The molecule has 1 atom stereocenters. The average molecular weight is 249 g/mol. The predicted octanol–water partition coefficient (Wildman–Crippen LogP) is 1.35. The van der Waals surface area contributed by atoms with E-state index in [1.54, 1.807) is 0 Å². The minimum absolute atomic E-state index is 0.0957. The van der Waals surface area contributed by atoms with Crippen LogP contribution in [0.25, 0.3) is 0 Å². The van der Waals surface area contributed by atoms with E-state index in [1.165, 1.54) is 0 Å². The van der Waals surface area contributed by atoms with Gasteiger partial charge in [0, 0.05) is 26.3 Å². The number of anilines is 1. The molecule has 0 aliphatic heterocycles. The van der Waals surface area contributed by atoms with Crippen LogP contribution in [0.5, 0.6) is 0 Å². The highest BCUT2D eigenvalue weighted by molar-refractivity contribution is 5.81. The molecule has 1 aromatic carbocycles. The summed E-state index contributed by atoms with van der Waals surface area (Å²) in [5.74, 6) is 0.0582. The lowest BCUT2D eigenvalue weighted by Gasteiger charge is -2.16. The largest absolute Gasteiger partial charge is 0.378 e. The van der Waals surface area contributed by atoms with Crippen molar-refractivity contribution in [3.05, 3.63) is 29.8 Å². The molecule has 1 rings (SSSR count). The van der Waals surface area contributed by atoms with Gasteiger partial charge in [0.25, 0.3) is 0 Å². The lowest BCUT2D eigenvalue weighted by atomic mass is 10.0. The van der Waals surface area contributed by atoms with Crippen molar-refractivity contribution in [1.82, 2.24) is 5.32 Å². The van der Waals surface area contributed by atoms with Gasteiger partial charge in [0.05, 0.1) is 6.04 Å². The molecule has 100 valence electrons. The SMILES string of the molecule is CC(C)[C@H](N)C(=O)NCc1ccc(N(C)C)cc1. The fraction of sp³-hybridized carbons (Fsp3) is 0.500. The highest BCUT2D eigenvalue weighted by atomic mass is 16.2. The summed E-state index contributed by atoms with van der Waals surface area (Å²) in [5.41, 5.74) is 7.99. The van der Waals surface area contributed by atoms with E-state index in [1.807, 2.05) is 57.1 Å². The van der Waals surface area contributed by atoms with Gasteiger partial charge in [-0.15, -0.1) is 0 Å². The van der Waals surface area contributed by atoms with E-state index in [0.717, 1.165) is 11.3 Å². The Bertz CT molecular complexity index is 385. The van der Waals surface area contributed by atoms with Gasteiger partial charge in [-0.25, -0.2) is 0 Å². The first kappa shape index (κ1) is 14.5. The summed E-state index contributed by atoms with van der Waals surface area (Å²) in [6.45, 7) is 4.40. The van der Waals surface area contributed by atoms with Crippen molar-refractivity contribution in [3.63, 3.8) is 0 Å². The second kappa shape index (κ2) is 6.40. The normalized spacial score (nSPS) is 12.3. The first-order valence-corrected chi connectivity index (χ1v) is 6.21. The van der Waals surface area contributed by atoms with Crippen LogP contribution >= 0.6 is 0 Å². The first-order chi connectivity index (χ1) is 8.41. The van der Waals surface area contributed by atoms with E-state index in [-0.39, 0.29) is 11.8 Å². The second-order valence-electron chi connectivity index (χ2n) is 5.05. The van der Waals surface area contributed by atoms with Gasteiger partial charge in [0.1, 0.15) is 0 Å². The molecule has 1 amide bonds. The van der Waals surface area contributed by atoms with E-state index in [2.05, 4.69) is 5.32 Å². The molecule has 0 bridgehead atoms. The minimum Gasteiger partial charge on any atom is -0.378 e. The Morgan fingerprint density at radius 1 is 1.28 bits per heavy atom. The summed E-state index contributed by atoms with van der Waals surface area (Å²) in [6.07, 6.45) is 0. The highest BCUT2D eigenvalue weighted by Crippen LogP contribution is 2.12. The van der Waals surface area contributed by atoms with Crippen LogP contribution in [0.15, 0.2) is 24.3 Å². The Balaban J connectivity index is 2.51. The quantitative estimate of drug-likeness (QED) is 0.828. The van der Waals surface area contributed by atoms with Gasteiger partial charge in [-0.05, 0) is 23.6 Å². The number of nitrogens with zero attached hydrogens (tertiary/aromatic N) is 1. The Morgan fingerprint density at radius 3 is 2.28 bits per heavy atom. The van der Waals surface area contributed by atoms with E-state index in [0.29, 0.717) is 6.54 Å². The van der Waals surface area contributed by atoms with Gasteiger partial charge >= 0.3 is 0 Å². The summed E-state index contributed by atoms with van der Waals surface area (Å²) in [7, 11) is 4.00. The predicted molar refractivity (Wildman–Crippen MR) is 75.4 cm³/mol. The maximum Gasteiger partial charge on any atom is 0.237 e. The molecule has 0 saturated heterocycles. The van der Waals surface area contributed by atoms with E-state index in [4.69, 9.17) is 5.73 Å². The third-order valence-electron chi connectivity index (χ3n) is 2.94. The fourth-order valence-electron chi connectivity index (χ4n) is 1.52. The molecular weight excluding hydrogens is 226 g/mol. The number of carbonyl (C=O) groups excluding carboxylic acids is 1. The molecule has 0 fully saturated rings. The molecule has 0 heterocycles. The minimum atomic E-state index is -0.439. The average Bonchev–Trinajstić information content (AvgIpc) is 2.35. The number of hydrogen-bond donors (Lipinski definition) is 2. The number of carbonyl (C=O) groups is 1. The second-order valence-corrected chi connectivity index (χ2v) is 5.05. The van der Waals surface area contributed by atoms with Crippen LogP contribution in [-0.4, -0.2) is 26.0 Å². The number of amides is 1. The lowest BCUT2D eigenvalue weighted by molar-refractivity contribution is -0.123. The molecule has 4 nitrogen and oxygen atoms in total. The third kappa shape index (κ3) is 4.04. The lowest BCUT2D eigenvalue weighted by Crippen LogP contribution is -2.43. The molecule has 0 unspecified atom stereocenters. The van der Waals surface area contributed by atoms with E-state index < -0.39 is 6.04 Å². The monoisotopic (exact) mass is 249 g/mol. The van der Waals surface area contributed by atoms with Crippen molar-refractivity contribution in [3.8, 4) is 0 Å². The van der Waals surface area contributed by atoms with Crippen LogP contribution in [0.4, 0.5) is 5.69 Å². The Morgan fingerprint density at radius 2 is 1.83 bits per heavy atom. The number of hydrogen-bond acceptors (Lipinski definition) is 3. The van der Waals surface area contributed by atoms with Crippen molar-refractivity contribution in [2.75, 3.05) is 19.0 Å². The van der Waals surface area contributed by atoms with Crippen molar-refractivity contribution >= 4 is 11.6 Å². The third-order valence-corrected chi connectivity index (χ3v) is 2.94. The Labute approximate surface area is 109 Å². The van der Waals surface area contributed by atoms with Crippen molar-refractivity contribution in [2.45, 2.75) is 26.4 Å². The molecule has 0 aromatic heterocycles. The van der Waals surface area contributed by atoms with Crippen LogP contribution in [-0.2, 0) is 11.3 Å². The Kier molecular flexibility index (Phi) is 5.16. The van der Waals surface area contributed by atoms with Crippen molar-refractivity contribution < 1.29 is 4.79 Å². The molecule has 18 heavy (non-hydrogen) atoms. The van der Waals surface area contributed by atoms with Gasteiger partial charge in [0.2, 0.25) is 5.91 Å². The molecule has 0 radical (unpaired) electrons. The summed E-state index contributed by atoms with van der Waals surface area (Å²) in [5, 5.41) is 2.85. The molecule has 4 heteroatoms. The van der Waals surface area contributed by atoms with Gasteiger partial charge in [-0.3, -0.25) is 4.79 Å². The van der Waals surface area contributed by atoms with E-state index in [9.17, 15) is 4.79 Å². The van der Waals surface area contributed by atoms with Gasteiger partial charge in [0.15, 0.2) is 0 Å². The smallest absolute Gasteiger partial charge is 0.237 e. The summed E-state index contributed by atoms with van der Waals surface area (Å²) in [4.78, 5) is 13.7. The molecule has 0 aliphatic rings. The number of nitrogens with two attached hydrogens (primary N) is 1. The fourth-order valence-corrected chi connectivity index (χ4v) is 1.52. The van der Waals surface area contributed by atoms with Gasteiger partial charge < -0.3 is 16.0 Å². The van der Waals surface area contributed by atoms with Gasteiger partial charge in [-0.1, -0.05) is 26.0 Å². The molecule has 0 aliphatic carbocycles. The molecule has 3 N–H and O–H groups in total. The summed E-state index contributed by atoms with van der Waals surface area (Å²) >= 11 is 0. The van der Waals surface area contributed by atoms with Gasteiger partial charge in [-0.2, -0.15) is 0 Å². The van der Waals surface area contributed by atoms with Crippen LogP contribution in [0.3, 0.4) is 0 Å². The molecule has 0 saturated carbocycles. The summed E-state index contributed by atoms with van der Waals surface area (Å²) < 4.78 is 0. The molecular formula is C14H23N3O. The summed E-state index contributed by atoms with van der Waals surface area (Å²) in [6, 6.07) is 7.65. The molecule has 0 spiro atoms. The maximum atomic E-state index is 11.7. The topological polar surface area (TPSA) is 58.4 Å². The molecule has 1 aromatic rings. The zero-order chi connectivity index (χ0) is 13.7. The highest BCUT2D eigenvalue weighted by Gasteiger charge is 2.16. The number of benzene rings is 1. The Hall–Kier alpha value is -1.55.